The molecular formula is C42H70O4. The van der Waals surface area contributed by atoms with E-state index in [1.165, 1.54) is 103 Å². The zero-order valence-electron chi connectivity index (χ0n) is 30.7. The van der Waals surface area contributed by atoms with Crippen LogP contribution < -0.4 is 0 Å². The summed E-state index contributed by atoms with van der Waals surface area (Å²) in [6.45, 7) is 9.90. The van der Waals surface area contributed by atoms with Crippen molar-refractivity contribution in [1.82, 2.24) is 0 Å². The molecule has 0 saturated heterocycles. The van der Waals surface area contributed by atoms with Crippen LogP contribution in [0.25, 0.3) is 0 Å². The molecule has 8 saturated carbocycles. The number of carbonyl (C=O) groups excluding carboxylic acids is 1. The van der Waals surface area contributed by atoms with Crippen molar-refractivity contribution in [2.24, 2.45) is 69.0 Å². The largest absolute Gasteiger partial charge is 0.393 e. The third kappa shape index (κ3) is 5.00. The number of fused-ring (bicyclic) bond motifs is 10. The molecule has 0 spiro atoms. The Morgan fingerprint density at radius 1 is 0.630 bits per heavy atom. The highest BCUT2D eigenvalue weighted by molar-refractivity contribution is 5.79. The molecule has 0 aromatic carbocycles. The predicted molar refractivity (Wildman–Crippen MR) is 185 cm³/mol. The number of carbonyl (C=O) groups is 1. The molecule has 262 valence electrons. The molecule has 0 aromatic rings. The van der Waals surface area contributed by atoms with Crippen molar-refractivity contribution in [1.29, 1.82) is 0 Å². The fourth-order valence-corrected chi connectivity index (χ4v) is 16.0. The van der Waals surface area contributed by atoms with Gasteiger partial charge in [0, 0.05) is 27.1 Å². The second-order valence-corrected chi connectivity index (χ2v) is 18.8. The third-order valence-corrected chi connectivity index (χ3v) is 18.2. The van der Waals surface area contributed by atoms with Crippen molar-refractivity contribution in [3.63, 3.8) is 0 Å². The average molecular weight is 639 g/mol. The molecule has 15 atom stereocenters. The van der Waals surface area contributed by atoms with Crippen molar-refractivity contribution in [3.05, 3.63) is 0 Å². The molecule has 8 aliphatic rings. The first-order chi connectivity index (χ1) is 22.1. The lowest BCUT2D eigenvalue weighted by atomic mass is 9.44. The topological polar surface area (TPSA) is 55.8 Å². The Kier molecular flexibility index (Phi) is 9.40. The molecule has 0 heterocycles. The molecular weight excluding hydrogens is 568 g/mol. The number of Topliss-reactive ketones (excluding diaryl/α,β-unsaturated/α-hetero) is 1. The molecule has 1 N–H and O–H groups in total. The van der Waals surface area contributed by atoms with Gasteiger partial charge in [-0.25, -0.2) is 0 Å². The van der Waals surface area contributed by atoms with Crippen LogP contribution in [-0.2, 0) is 14.3 Å². The van der Waals surface area contributed by atoms with E-state index >= 15 is 0 Å². The summed E-state index contributed by atoms with van der Waals surface area (Å²) in [5.41, 5.74) is 1.89. The van der Waals surface area contributed by atoms with Gasteiger partial charge in [-0.15, -0.1) is 0 Å². The molecule has 0 radical (unpaired) electrons. The highest BCUT2D eigenvalue weighted by Crippen LogP contribution is 2.69. The monoisotopic (exact) mass is 639 g/mol. The quantitative estimate of drug-likeness (QED) is 0.333. The van der Waals surface area contributed by atoms with Crippen molar-refractivity contribution in [2.45, 2.75) is 174 Å². The summed E-state index contributed by atoms with van der Waals surface area (Å²) < 4.78 is 11.8. The molecule has 0 amide bonds. The Morgan fingerprint density at radius 2 is 1.15 bits per heavy atom. The van der Waals surface area contributed by atoms with E-state index in [-0.39, 0.29) is 6.10 Å². The molecule has 8 rings (SSSR count). The molecule has 4 nitrogen and oxygen atoms in total. The molecule has 0 aromatic heterocycles. The molecule has 0 aliphatic heterocycles. The zero-order valence-corrected chi connectivity index (χ0v) is 30.7. The Labute approximate surface area is 282 Å². The van der Waals surface area contributed by atoms with Crippen molar-refractivity contribution in [3.8, 4) is 0 Å². The summed E-state index contributed by atoms with van der Waals surface area (Å²) in [7, 11) is 3.85. The van der Waals surface area contributed by atoms with E-state index in [4.69, 9.17) is 9.47 Å². The van der Waals surface area contributed by atoms with Gasteiger partial charge in [-0.3, -0.25) is 4.79 Å². The predicted octanol–water partition coefficient (Wildman–Crippen LogP) is 9.80. The second-order valence-electron chi connectivity index (χ2n) is 18.8. The SMILES string of the molecule is CC[C@]12CCC(=O)C[C@@H]1CC[C@H]1[C@@H]3CC[C@H](OC)[C@@]3(C)CC[C@@H]12.CC[C@]12CC[C@H](O)C[C@@H]1CC[C@H]1[C@@H]3CC[C@H](OC)[C@@]3(C)CC[C@@H]12. The van der Waals surface area contributed by atoms with E-state index in [0.29, 0.717) is 45.6 Å². The van der Waals surface area contributed by atoms with Gasteiger partial charge in [-0.1, -0.05) is 27.7 Å². The molecule has 8 fully saturated rings. The summed E-state index contributed by atoms with van der Waals surface area (Å²) in [5.74, 6) is 7.42. The fraction of sp³-hybridized carbons (Fsp3) is 0.976. The number of aliphatic hydroxyl groups is 1. The van der Waals surface area contributed by atoms with Crippen LogP contribution in [0.1, 0.15) is 156 Å². The van der Waals surface area contributed by atoms with E-state index in [1.807, 2.05) is 14.2 Å². The minimum atomic E-state index is -0.0190. The lowest BCUT2D eigenvalue weighted by Crippen LogP contribution is -2.55. The maximum atomic E-state index is 12.0. The lowest BCUT2D eigenvalue weighted by molar-refractivity contribution is -0.148. The van der Waals surface area contributed by atoms with Crippen LogP contribution in [0.5, 0.6) is 0 Å². The smallest absolute Gasteiger partial charge is 0.133 e. The standard InChI is InChI=1S/C21H36O2.C21H34O2/c2*1-4-21-12-9-15(22)13-14(21)5-6-16-17-7-8-19(23-3)20(17,2)11-10-18(16)21/h14-19,22H,4-13H2,1-3H3;14,16-19H,4-13H2,1-3H3/t14-,15-,16-,17-,18-,19-,20-,21-;14-,16-,17-,18-,19-,20-,21-/m00/s1. The Balaban J connectivity index is 0.000000147. The number of ketones is 1. The van der Waals surface area contributed by atoms with Gasteiger partial charge >= 0.3 is 0 Å². The van der Waals surface area contributed by atoms with E-state index in [0.717, 1.165) is 67.1 Å². The van der Waals surface area contributed by atoms with E-state index < -0.39 is 0 Å². The van der Waals surface area contributed by atoms with Crippen LogP contribution in [0.4, 0.5) is 0 Å². The van der Waals surface area contributed by atoms with Gasteiger partial charge in [-0.05, 0) is 185 Å². The fourth-order valence-electron chi connectivity index (χ4n) is 16.0. The van der Waals surface area contributed by atoms with Gasteiger partial charge < -0.3 is 14.6 Å². The molecule has 8 aliphatic carbocycles. The van der Waals surface area contributed by atoms with Crippen LogP contribution in [0.2, 0.25) is 0 Å². The van der Waals surface area contributed by atoms with Crippen LogP contribution in [0.15, 0.2) is 0 Å². The maximum absolute atomic E-state index is 12.0. The first kappa shape index (κ1) is 34.0. The number of aliphatic hydroxyl groups excluding tert-OH is 1. The van der Waals surface area contributed by atoms with Crippen LogP contribution in [0, 0.1) is 69.0 Å². The number of hydrogen-bond acceptors (Lipinski definition) is 4. The van der Waals surface area contributed by atoms with Crippen LogP contribution in [-0.4, -0.2) is 43.4 Å². The summed E-state index contributed by atoms with van der Waals surface area (Å²) in [4.78, 5) is 12.0. The van der Waals surface area contributed by atoms with Crippen LogP contribution >= 0.6 is 0 Å². The molecule has 4 heteroatoms. The van der Waals surface area contributed by atoms with E-state index in [1.54, 1.807) is 0 Å². The second kappa shape index (κ2) is 12.7. The van der Waals surface area contributed by atoms with Crippen molar-refractivity contribution in [2.75, 3.05) is 14.2 Å². The Hall–Kier alpha value is -0.450. The maximum Gasteiger partial charge on any atom is 0.133 e. The van der Waals surface area contributed by atoms with Gasteiger partial charge in [0.25, 0.3) is 0 Å². The van der Waals surface area contributed by atoms with E-state index in [9.17, 15) is 9.90 Å². The zero-order chi connectivity index (χ0) is 32.5. The van der Waals surface area contributed by atoms with Crippen molar-refractivity contribution < 1.29 is 19.4 Å². The van der Waals surface area contributed by atoms with Gasteiger partial charge in [0.05, 0.1) is 18.3 Å². The Bertz CT molecular complexity index is 1110. The summed E-state index contributed by atoms with van der Waals surface area (Å²) in [6.07, 6.45) is 26.2. The molecule has 0 unspecified atom stereocenters. The first-order valence-electron chi connectivity index (χ1n) is 20.4. The first-order valence-corrected chi connectivity index (χ1v) is 20.4. The van der Waals surface area contributed by atoms with Crippen molar-refractivity contribution >= 4 is 5.78 Å². The minimum Gasteiger partial charge on any atom is -0.393 e. The highest BCUT2D eigenvalue weighted by Gasteiger charge is 2.62. The van der Waals surface area contributed by atoms with E-state index in [2.05, 4.69) is 27.7 Å². The third-order valence-electron chi connectivity index (χ3n) is 18.2. The molecule has 0 bridgehead atoms. The summed E-state index contributed by atoms with van der Waals surface area (Å²) >= 11 is 0. The highest BCUT2D eigenvalue weighted by atomic mass is 16.5. The molecule has 46 heavy (non-hydrogen) atoms. The normalized spacial score (nSPS) is 54.2. The summed E-state index contributed by atoms with van der Waals surface area (Å²) in [5, 5.41) is 10.2. The van der Waals surface area contributed by atoms with Gasteiger partial charge in [0.2, 0.25) is 0 Å². The van der Waals surface area contributed by atoms with Gasteiger partial charge in [-0.2, -0.15) is 0 Å². The number of methoxy groups -OCH3 is 2. The Morgan fingerprint density at radius 3 is 1.67 bits per heavy atom. The lowest BCUT2D eigenvalue weighted by Gasteiger charge is -2.61. The number of hydrogen-bond donors (Lipinski definition) is 1. The average Bonchev–Trinajstić information content (AvgIpc) is 3.60. The van der Waals surface area contributed by atoms with Gasteiger partial charge in [0.1, 0.15) is 5.78 Å². The van der Waals surface area contributed by atoms with Crippen LogP contribution in [0.3, 0.4) is 0 Å². The minimum absolute atomic E-state index is 0.0190. The number of rotatable bonds is 4. The van der Waals surface area contributed by atoms with Gasteiger partial charge in [0.15, 0.2) is 0 Å². The number of ether oxygens (including phenoxy) is 2. The summed E-state index contributed by atoms with van der Waals surface area (Å²) in [6, 6.07) is 0.